The summed E-state index contributed by atoms with van der Waals surface area (Å²) in [7, 11) is 0. The molecule has 2 aromatic carbocycles. The molecule has 0 atom stereocenters. The summed E-state index contributed by atoms with van der Waals surface area (Å²) in [6, 6.07) is 14.9. The number of nitrogens with two attached hydrogens (primary N) is 1. The maximum absolute atomic E-state index is 5.95. The highest BCUT2D eigenvalue weighted by molar-refractivity contribution is 6.30. The lowest BCUT2D eigenvalue weighted by molar-refractivity contribution is 0.385. The molecule has 0 fully saturated rings. The zero-order chi connectivity index (χ0) is 13.9. The van der Waals surface area contributed by atoms with Crippen LogP contribution in [0.5, 0.6) is 0 Å². The first-order chi connectivity index (χ1) is 9.70. The Balaban J connectivity index is 1.82. The lowest BCUT2D eigenvalue weighted by Crippen LogP contribution is -1.90. The van der Waals surface area contributed by atoms with E-state index < -0.39 is 0 Å². The van der Waals surface area contributed by atoms with Crippen LogP contribution in [0.15, 0.2) is 53.1 Å². The highest BCUT2D eigenvalue weighted by Gasteiger charge is 2.09. The van der Waals surface area contributed by atoms with Gasteiger partial charge < -0.3 is 10.3 Å². The van der Waals surface area contributed by atoms with Crippen molar-refractivity contribution in [2.75, 3.05) is 5.73 Å². The molecule has 100 valence electrons. The van der Waals surface area contributed by atoms with Crippen molar-refractivity contribution in [2.24, 2.45) is 0 Å². The van der Waals surface area contributed by atoms with Crippen LogP contribution in [-0.2, 0) is 6.42 Å². The zero-order valence-electron chi connectivity index (χ0n) is 10.6. The molecule has 0 aliphatic carbocycles. The van der Waals surface area contributed by atoms with E-state index in [-0.39, 0.29) is 0 Å². The SMILES string of the molecule is Nc1ccc(Cc2nc(-c3cccc(Cl)c3)no2)cc1. The Morgan fingerprint density at radius 3 is 2.65 bits per heavy atom. The topological polar surface area (TPSA) is 64.9 Å². The number of rotatable bonds is 3. The van der Waals surface area contributed by atoms with Crippen molar-refractivity contribution in [1.29, 1.82) is 0 Å². The molecular weight excluding hydrogens is 274 g/mol. The second kappa shape index (κ2) is 5.35. The summed E-state index contributed by atoms with van der Waals surface area (Å²) < 4.78 is 5.26. The fraction of sp³-hybridized carbons (Fsp3) is 0.0667. The van der Waals surface area contributed by atoms with E-state index in [0.717, 1.165) is 16.8 Å². The first kappa shape index (κ1) is 12.7. The van der Waals surface area contributed by atoms with Gasteiger partial charge in [0.15, 0.2) is 0 Å². The molecule has 0 saturated heterocycles. The van der Waals surface area contributed by atoms with E-state index in [9.17, 15) is 0 Å². The van der Waals surface area contributed by atoms with E-state index in [1.54, 1.807) is 12.1 Å². The Labute approximate surface area is 121 Å². The van der Waals surface area contributed by atoms with Crippen LogP contribution in [0, 0.1) is 0 Å². The number of hydrogen-bond donors (Lipinski definition) is 1. The van der Waals surface area contributed by atoms with E-state index in [1.165, 1.54) is 0 Å². The van der Waals surface area contributed by atoms with Gasteiger partial charge in [0, 0.05) is 16.3 Å². The van der Waals surface area contributed by atoms with Crippen LogP contribution in [0.1, 0.15) is 11.5 Å². The van der Waals surface area contributed by atoms with Crippen molar-refractivity contribution < 1.29 is 4.52 Å². The van der Waals surface area contributed by atoms with Crippen LogP contribution in [0.3, 0.4) is 0 Å². The predicted molar refractivity (Wildman–Crippen MR) is 78.4 cm³/mol. The molecule has 0 bridgehead atoms. The highest BCUT2D eigenvalue weighted by atomic mass is 35.5. The molecule has 1 aromatic heterocycles. The van der Waals surface area contributed by atoms with Crippen LogP contribution >= 0.6 is 11.6 Å². The smallest absolute Gasteiger partial charge is 0.231 e. The van der Waals surface area contributed by atoms with E-state index in [1.807, 2.05) is 36.4 Å². The molecule has 20 heavy (non-hydrogen) atoms. The van der Waals surface area contributed by atoms with E-state index in [0.29, 0.717) is 23.2 Å². The fourth-order valence-electron chi connectivity index (χ4n) is 1.88. The first-order valence-corrected chi connectivity index (χ1v) is 6.51. The van der Waals surface area contributed by atoms with Gasteiger partial charge in [-0.15, -0.1) is 0 Å². The molecular formula is C15H12ClN3O. The van der Waals surface area contributed by atoms with Crippen LogP contribution in [0.25, 0.3) is 11.4 Å². The zero-order valence-corrected chi connectivity index (χ0v) is 11.3. The van der Waals surface area contributed by atoms with Crippen molar-refractivity contribution >= 4 is 17.3 Å². The van der Waals surface area contributed by atoms with Crippen LogP contribution in [-0.4, -0.2) is 10.1 Å². The van der Waals surface area contributed by atoms with Crippen molar-refractivity contribution in [1.82, 2.24) is 10.1 Å². The summed E-state index contributed by atoms with van der Waals surface area (Å²) in [6.07, 6.45) is 0.577. The number of nitrogen functional groups attached to an aromatic ring is 1. The van der Waals surface area contributed by atoms with E-state index in [2.05, 4.69) is 10.1 Å². The summed E-state index contributed by atoms with van der Waals surface area (Å²) in [6.45, 7) is 0. The summed E-state index contributed by atoms with van der Waals surface area (Å²) in [5.41, 5.74) is 8.29. The molecule has 4 nitrogen and oxygen atoms in total. The molecule has 5 heteroatoms. The number of benzene rings is 2. The molecule has 2 N–H and O–H groups in total. The molecule has 3 rings (SSSR count). The van der Waals surface area contributed by atoms with Crippen molar-refractivity contribution in [3.8, 4) is 11.4 Å². The summed E-state index contributed by atoms with van der Waals surface area (Å²) in [4.78, 5) is 4.37. The van der Waals surface area contributed by atoms with Gasteiger partial charge in [0.2, 0.25) is 11.7 Å². The van der Waals surface area contributed by atoms with Gasteiger partial charge in [-0.05, 0) is 29.8 Å². The standard InChI is InChI=1S/C15H12ClN3O/c16-12-3-1-2-11(9-12)15-18-14(20-19-15)8-10-4-6-13(17)7-5-10/h1-7,9H,8,17H2. The lowest BCUT2D eigenvalue weighted by atomic mass is 10.1. The summed E-state index contributed by atoms with van der Waals surface area (Å²) in [5, 5.41) is 4.62. The maximum atomic E-state index is 5.95. The van der Waals surface area contributed by atoms with Crippen LogP contribution < -0.4 is 5.73 Å². The molecule has 0 amide bonds. The Bertz CT molecular complexity index is 722. The highest BCUT2D eigenvalue weighted by Crippen LogP contribution is 2.20. The monoisotopic (exact) mass is 285 g/mol. The van der Waals surface area contributed by atoms with Crippen molar-refractivity contribution in [3.05, 3.63) is 65.0 Å². The number of halogens is 1. The quantitative estimate of drug-likeness (QED) is 0.747. The number of aromatic nitrogens is 2. The predicted octanol–water partition coefficient (Wildman–Crippen LogP) is 3.56. The molecule has 1 heterocycles. The van der Waals surface area contributed by atoms with Crippen molar-refractivity contribution in [2.45, 2.75) is 6.42 Å². The number of nitrogens with zero attached hydrogens (tertiary/aromatic N) is 2. The summed E-state index contributed by atoms with van der Waals surface area (Å²) in [5.74, 6) is 1.10. The fourth-order valence-corrected chi connectivity index (χ4v) is 2.07. The minimum atomic E-state index is 0.540. The number of hydrogen-bond acceptors (Lipinski definition) is 4. The Morgan fingerprint density at radius 2 is 1.90 bits per heavy atom. The van der Waals surface area contributed by atoms with Gasteiger partial charge in [-0.3, -0.25) is 0 Å². The molecule has 0 saturated carbocycles. The van der Waals surface area contributed by atoms with Crippen molar-refractivity contribution in [3.63, 3.8) is 0 Å². The van der Waals surface area contributed by atoms with Gasteiger partial charge in [0.25, 0.3) is 0 Å². The minimum absolute atomic E-state index is 0.540. The van der Waals surface area contributed by atoms with Gasteiger partial charge in [0.05, 0.1) is 6.42 Å². The lowest BCUT2D eigenvalue weighted by Gasteiger charge is -1.97. The number of anilines is 1. The Kier molecular flexibility index (Phi) is 3.39. The third-order valence-electron chi connectivity index (χ3n) is 2.89. The molecule has 0 radical (unpaired) electrons. The Hall–Kier alpha value is -2.33. The molecule has 0 aliphatic heterocycles. The molecule has 0 aliphatic rings. The Morgan fingerprint density at radius 1 is 1.10 bits per heavy atom. The van der Waals surface area contributed by atoms with Gasteiger partial charge in [-0.1, -0.05) is 41.0 Å². The maximum Gasteiger partial charge on any atom is 0.231 e. The van der Waals surface area contributed by atoms with E-state index in [4.69, 9.17) is 21.9 Å². The van der Waals surface area contributed by atoms with Crippen LogP contribution in [0.4, 0.5) is 5.69 Å². The third-order valence-corrected chi connectivity index (χ3v) is 3.12. The molecule has 0 unspecified atom stereocenters. The average Bonchev–Trinajstić information content (AvgIpc) is 2.90. The second-order valence-electron chi connectivity index (χ2n) is 4.44. The van der Waals surface area contributed by atoms with Gasteiger partial charge in [0.1, 0.15) is 0 Å². The second-order valence-corrected chi connectivity index (χ2v) is 4.88. The third kappa shape index (κ3) is 2.81. The minimum Gasteiger partial charge on any atom is -0.399 e. The van der Waals surface area contributed by atoms with Crippen LogP contribution in [0.2, 0.25) is 5.02 Å². The first-order valence-electron chi connectivity index (χ1n) is 6.14. The van der Waals surface area contributed by atoms with Gasteiger partial charge >= 0.3 is 0 Å². The largest absolute Gasteiger partial charge is 0.399 e. The van der Waals surface area contributed by atoms with Gasteiger partial charge in [-0.2, -0.15) is 4.98 Å². The summed E-state index contributed by atoms with van der Waals surface area (Å²) >= 11 is 5.95. The average molecular weight is 286 g/mol. The molecule has 0 spiro atoms. The van der Waals surface area contributed by atoms with Gasteiger partial charge in [-0.25, -0.2) is 0 Å². The molecule has 3 aromatic rings. The van der Waals surface area contributed by atoms with E-state index >= 15 is 0 Å². The normalized spacial score (nSPS) is 10.7.